The van der Waals surface area contributed by atoms with Crippen LogP contribution in [0.1, 0.15) is 24.4 Å². The third kappa shape index (κ3) is 3.87. The van der Waals surface area contributed by atoms with Gasteiger partial charge in [-0.15, -0.1) is 0 Å². The lowest BCUT2D eigenvalue weighted by Crippen LogP contribution is -2.57. The largest absolute Gasteiger partial charge is 0.356 e. The van der Waals surface area contributed by atoms with Gasteiger partial charge in [0.05, 0.1) is 6.04 Å². The number of halogens is 1. The van der Waals surface area contributed by atoms with Crippen LogP contribution in [0, 0.1) is 5.92 Å². The number of ether oxygens (including phenoxy) is 1. The van der Waals surface area contributed by atoms with Gasteiger partial charge in [0, 0.05) is 37.7 Å². The Morgan fingerprint density at radius 2 is 1.92 bits per heavy atom. The van der Waals surface area contributed by atoms with Gasteiger partial charge in [-0.3, -0.25) is 14.5 Å². The predicted molar refractivity (Wildman–Crippen MR) is 97.8 cm³/mol. The van der Waals surface area contributed by atoms with Crippen LogP contribution in [0.2, 0.25) is 5.02 Å². The minimum atomic E-state index is -0.734. The zero-order chi connectivity index (χ0) is 18.1. The molecule has 1 aromatic carbocycles. The molecule has 2 atom stereocenters. The van der Waals surface area contributed by atoms with Gasteiger partial charge in [-0.1, -0.05) is 29.8 Å². The number of hydrogen-bond acceptors (Lipinski definition) is 4. The first-order valence-corrected chi connectivity index (χ1v) is 9.66. The molecule has 2 heterocycles. The molecule has 2 aliphatic heterocycles. The van der Waals surface area contributed by atoms with Crippen molar-refractivity contribution in [2.45, 2.75) is 25.0 Å². The smallest absolute Gasteiger partial charge is 0.254 e. The maximum absolute atomic E-state index is 13.1. The summed E-state index contributed by atoms with van der Waals surface area (Å²) in [5, 5.41) is 3.40. The van der Waals surface area contributed by atoms with Crippen molar-refractivity contribution in [3.8, 4) is 0 Å². The van der Waals surface area contributed by atoms with Gasteiger partial charge in [-0.2, -0.15) is 0 Å². The molecule has 2 saturated heterocycles. The first kappa shape index (κ1) is 17.8. The zero-order valence-electron chi connectivity index (χ0n) is 14.7. The van der Waals surface area contributed by atoms with Crippen LogP contribution in [0.15, 0.2) is 24.3 Å². The Balaban J connectivity index is 1.45. The van der Waals surface area contributed by atoms with E-state index >= 15 is 0 Å². The molecule has 0 unspecified atom stereocenters. The summed E-state index contributed by atoms with van der Waals surface area (Å²) in [7, 11) is 0. The van der Waals surface area contributed by atoms with Crippen LogP contribution in [0.5, 0.6) is 0 Å². The molecule has 0 aromatic heterocycles. The van der Waals surface area contributed by atoms with E-state index in [1.54, 1.807) is 6.07 Å². The summed E-state index contributed by atoms with van der Waals surface area (Å²) in [4.78, 5) is 29.2. The maximum atomic E-state index is 13.1. The quantitative estimate of drug-likeness (QED) is 0.862. The SMILES string of the molecule is O=C1CO[C@H](C(=O)N2CCN(CC3CC3)CC2)[C@@H](c2ccccc2Cl)N1. The Labute approximate surface area is 158 Å². The highest BCUT2D eigenvalue weighted by Crippen LogP contribution is 2.31. The molecular weight excluding hydrogens is 354 g/mol. The molecule has 0 spiro atoms. The Kier molecular flexibility index (Phi) is 5.16. The summed E-state index contributed by atoms with van der Waals surface area (Å²) in [5.41, 5.74) is 0.716. The van der Waals surface area contributed by atoms with Gasteiger partial charge in [0.2, 0.25) is 5.91 Å². The molecule has 4 rings (SSSR count). The van der Waals surface area contributed by atoms with Gasteiger partial charge in [0.25, 0.3) is 5.91 Å². The summed E-state index contributed by atoms with van der Waals surface area (Å²) in [6.45, 7) is 4.26. The van der Waals surface area contributed by atoms with Crippen LogP contribution in [0.3, 0.4) is 0 Å². The molecule has 6 nitrogen and oxygen atoms in total. The Morgan fingerprint density at radius 3 is 2.62 bits per heavy atom. The van der Waals surface area contributed by atoms with Gasteiger partial charge < -0.3 is 15.0 Å². The van der Waals surface area contributed by atoms with Crippen LogP contribution >= 0.6 is 11.6 Å². The second-order valence-corrected chi connectivity index (χ2v) is 7.77. The van der Waals surface area contributed by atoms with E-state index in [1.807, 2.05) is 23.1 Å². The molecule has 0 radical (unpaired) electrons. The van der Waals surface area contributed by atoms with E-state index in [1.165, 1.54) is 12.8 Å². The normalized spacial score (nSPS) is 27.3. The fourth-order valence-corrected chi connectivity index (χ4v) is 3.98. The van der Waals surface area contributed by atoms with Crippen molar-refractivity contribution < 1.29 is 14.3 Å². The fraction of sp³-hybridized carbons (Fsp3) is 0.579. The molecule has 7 heteroatoms. The van der Waals surface area contributed by atoms with Crippen molar-refractivity contribution in [2.75, 3.05) is 39.3 Å². The number of morpholine rings is 1. The van der Waals surface area contributed by atoms with Crippen LogP contribution < -0.4 is 5.32 Å². The minimum Gasteiger partial charge on any atom is -0.356 e. The predicted octanol–water partition coefficient (Wildman–Crippen LogP) is 1.45. The highest BCUT2D eigenvalue weighted by atomic mass is 35.5. The number of piperazine rings is 1. The summed E-state index contributed by atoms with van der Waals surface area (Å²) < 4.78 is 5.65. The molecule has 3 fully saturated rings. The average molecular weight is 378 g/mol. The molecule has 1 aromatic rings. The Bertz CT molecular complexity index is 686. The van der Waals surface area contributed by atoms with Gasteiger partial charge in [-0.25, -0.2) is 0 Å². The Hall–Kier alpha value is -1.63. The number of hydrogen-bond donors (Lipinski definition) is 1. The van der Waals surface area contributed by atoms with Crippen LogP contribution in [0.25, 0.3) is 0 Å². The van der Waals surface area contributed by atoms with E-state index < -0.39 is 12.1 Å². The third-order valence-electron chi connectivity index (χ3n) is 5.39. The van der Waals surface area contributed by atoms with Gasteiger partial charge in [0.15, 0.2) is 6.10 Å². The molecule has 2 amide bonds. The molecule has 1 aliphatic carbocycles. The molecular formula is C19H24ClN3O3. The summed E-state index contributed by atoms with van der Waals surface area (Å²) in [6.07, 6.45) is 1.95. The van der Waals surface area contributed by atoms with E-state index in [4.69, 9.17) is 16.3 Å². The highest BCUT2D eigenvalue weighted by Gasteiger charge is 2.40. The highest BCUT2D eigenvalue weighted by molar-refractivity contribution is 6.31. The van der Waals surface area contributed by atoms with E-state index in [0.717, 1.165) is 25.6 Å². The van der Waals surface area contributed by atoms with Crippen LogP contribution in [0.4, 0.5) is 0 Å². The topological polar surface area (TPSA) is 61.9 Å². The molecule has 1 saturated carbocycles. The number of rotatable bonds is 4. The standard InChI is InChI=1S/C19H24ClN3O3/c20-15-4-2-1-3-14(15)17-18(26-12-16(24)21-17)19(25)23-9-7-22(8-10-23)11-13-5-6-13/h1-4,13,17-18H,5-12H2,(H,21,24)/t17-,18+/m1/s1. The average Bonchev–Trinajstić information content (AvgIpc) is 3.46. The molecule has 1 N–H and O–H groups in total. The lowest BCUT2D eigenvalue weighted by molar-refractivity contribution is -0.156. The minimum absolute atomic E-state index is 0.0685. The van der Waals surface area contributed by atoms with Crippen LogP contribution in [-0.2, 0) is 14.3 Å². The monoisotopic (exact) mass is 377 g/mol. The molecule has 3 aliphatic rings. The van der Waals surface area contributed by atoms with Crippen molar-refractivity contribution in [2.24, 2.45) is 5.92 Å². The number of carbonyl (C=O) groups is 2. The van der Waals surface area contributed by atoms with E-state index in [9.17, 15) is 9.59 Å². The van der Waals surface area contributed by atoms with Gasteiger partial charge in [-0.05, 0) is 30.4 Å². The number of nitrogens with one attached hydrogen (secondary N) is 1. The number of amides is 2. The number of carbonyl (C=O) groups excluding carboxylic acids is 2. The first-order valence-electron chi connectivity index (χ1n) is 9.28. The molecule has 0 bridgehead atoms. The van der Waals surface area contributed by atoms with E-state index in [0.29, 0.717) is 23.7 Å². The van der Waals surface area contributed by atoms with Crippen LogP contribution in [-0.4, -0.2) is 67.0 Å². The van der Waals surface area contributed by atoms with Gasteiger partial charge >= 0.3 is 0 Å². The lowest BCUT2D eigenvalue weighted by atomic mass is 9.98. The maximum Gasteiger partial charge on any atom is 0.254 e. The third-order valence-corrected chi connectivity index (χ3v) is 5.74. The summed E-state index contributed by atoms with van der Waals surface area (Å²) in [6, 6.07) is 6.71. The number of nitrogens with zero attached hydrogens (tertiary/aromatic N) is 2. The van der Waals surface area contributed by atoms with Crippen molar-refractivity contribution in [1.82, 2.24) is 15.1 Å². The summed E-state index contributed by atoms with van der Waals surface area (Å²) in [5.74, 6) is 0.563. The van der Waals surface area contributed by atoms with Gasteiger partial charge in [0.1, 0.15) is 6.61 Å². The Morgan fingerprint density at radius 1 is 1.19 bits per heavy atom. The van der Waals surface area contributed by atoms with Crippen molar-refractivity contribution in [3.63, 3.8) is 0 Å². The number of benzene rings is 1. The van der Waals surface area contributed by atoms with Crippen molar-refractivity contribution in [1.29, 1.82) is 0 Å². The zero-order valence-corrected chi connectivity index (χ0v) is 15.5. The molecule has 140 valence electrons. The lowest BCUT2D eigenvalue weighted by Gasteiger charge is -2.39. The fourth-order valence-electron chi connectivity index (χ4n) is 3.73. The second kappa shape index (κ2) is 7.55. The van der Waals surface area contributed by atoms with Crippen molar-refractivity contribution in [3.05, 3.63) is 34.9 Å². The summed E-state index contributed by atoms with van der Waals surface area (Å²) >= 11 is 6.30. The van der Waals surface area contributed by atoms with E-state index in [2.05, 4.69) is 10.2 Å². The second-order valence-electron chi connectivity index (χ2n) is 7.37. The molecule has 26 heavy (non-hydrogen) atoms. The van der Waals surface area contributed by atoms with E-state index in [-0.39, 0.29) is 18.4 Å². The van der Waals surface area contributed by atoms with Crippen molar-refractivity contribution >= 4 is 23.4 Å². The first-order chi connectivity index (χ1) is 12.6.